The molecule has 3 aromatic rings. The minimum absolute atomic E-state index is 0.208. The lowest BCUT2D eigenvalue weighted by molar-refractivity contribution is -0.0351. The van der Waals surface area contributed by atoms with Gasteiger partial charge >= 0.3 is 0 Å². The summed E-state index contributed by atoms with van der Waals surface area (Å²) in [5.74, 6) is 1.40. The van der Waals surface area contributed by atoms with Crippen molar-refractivity contribution in [3.05, 3.63) is 83.5 Å². The van der Waals surface area contributed by atoms with Crippen LogP contribution in [0.5, 0.6) is 0 Å². The van der Waals surface area contributed by atoms with Gasteiger partial charge in [-0.05, 0) is 50.5 Å². The standard InChI is InChI=1S/C24H26ClN5O4S/c1-29(2)12-13-30(22-16-33-23(34-22)17-6-4-7-18(25)14-17)21-10-11-26-24(28-21)27-19-8-5-9-20(15-19)35(3,31)32/h4-11,14-16,23H,12-13H2,1-3H3,(H,26,27,28). The third-order valence-corrected chi connectivity index (χ3v) is 6.46. The third-order valence-electron chi connectivity index (χ3n) is 5.11. The summed E-state index contributed by atoms with van der Waals surface area (Å²) in [6.07, 6.45) is 3.73. The van der Waals surface area contributed by atoms with Gasteiger partial charge in [0.1, 0.15) is 12.1 Å². The fraction of sp³-hybridized carbons (Fsp3) is 0.250. The van der Waals surface area contributed by atoms with E-state index in [0.717, 1.165) is 12.1 Å². The van der Waals surface area contributed by atoms with Crippen molar-refractivity contribution in [3.8, 4) is 0 Å². The van der Waals surface area contributed by atoms with Gasteiger partial charge < -0.3 is 19.7 Å². The molecule has 1 unspecified atom stereocenters. The van der Waals surface area contributed by atoms with Crippen LogP contribution in [-0.2, 0) is 19.3 Å². The number of benzene rings is 2. The second kappa shape index (κ2) is 10.5. The van der Waals surface area contributed by atoms with Gasteiger partial charge in [0.25, 0.3) is 6.29 Å². The second-order valence-corrected chi connectivity index (χ2v) is 10.7. The maximum Gasteiger partial charge on any atom is 0.268 e. The first-order valence-electron chi connectivity index (χ1n) is 10.8. The van der Waals surface area contributed by atoms with Crippen molar-refractivity contribution in [2.24, 2.45) is 0 Å². The highest BCUT2D eigenvalue weighted by molar-refractivity contribution is 7.90. The molecule has 0 aliphatic carbocycles. The summed E-state index contributed by atoms with van der Waals surface area (Å²) in [5.41, 5.74) is 1.36. The minimum Gasteiger partial charge on any atom is -0.453 e. The maximum absolute atomic E-state index is 11.9. The summed E-state index contributed by atoms with van der Waals surface area (Å²) >= 11 is 6.12. The second-order valence-electron chi connectivity index (χ2n) is 8.22. The number of nitrogens with zero attached hydrogens (tertiary/aromatic N) is 4. The summed E-state index contributed by atoms with van der Waals surface area (Å²) in [4.78, 5) is 13.1. The van der Waals surface area contributed by atoms with E-state index in [2.05, 4.69) is 20.2 Å². The molecule has 0 radical (unpaired) electrons. The molecular formula is C24H26ClN5O4S. The number of ether oxygens (including phenoxy) is 2. The van der Waals surface area contributed by atoms with Crippen LogP contribution >= 0.6 is 11.6 Å². The number of aromatic nitrogens is 2. The molecule has 1 aromatic heterocycles. The summed E-state index contributed by atoms with van der Waals surface area (Å²) in [7, 11) is 0.626. The number of nitrogens with one attached hydrogen (secondary N) is 1. The van der Waals surface area contributed by atoms with E-state index in [1.165, 1.54) is 6.26 Å². The lowest BCUT2D eigenvalue weighted by atomic mass is 10.2. The SMILES string of the molecule is CN(C)CCN(C1=COC(c2cccc(Cl)c2)O1)c1ccnc(Nc2cccc(S(C)(=O)=O)c2)n1. The Morgan fingerprint density at radius 3 is 2.63 bits per heavy atom. The van der Waals surface area contributed by atoms with E-state index in [-0.39, 0.29) is 4.90 Å². The molecule has 1 N–H and O–H groups in total. The molecule has 184 valence electrons. The molecule has 35 heavy (non-hydrogen) atoms. The lowest BCUT2D eigenvalue weighted by Gasteiger charge is -2.25. The van der Waals surface area contributed by atoms with Crippen LogP contribution in [0.1, 0.15) is 11.9 Å². The maximum atomic E-state index is 11.9. The van der Waals surface area contributed by atoms with Gasteiger partial charge in [-0.3, -0.25) is 4.90 Å². The van der Waals surface area contributed by atoms with E-state index >= 15 is 0 Å². The smallest absolute Gasteiger partial charge is 0.268 e. The number of likely N-dealkylation sites (N-methyl/N-ethyl adjacent to an activating group) is 1. The normalized spacial score (nSPS) is 15.3. The van der Waals surface area contributed by atoms with Crippen LogP contribution < -0.4 is 10.2 Å². The minimum atomic E-state index is -3.34. The highest BCUT2D eigenvalue weighted by Gasteiger charge is 2.27. The number of hydrogen-bond donors (Lipinski definition) is 1. The highest BCUT2D eigenvalue weighted by atomic mass is 35.5. The summed E-state index contributed by atoms with van der Waals surface area (Å²) in [6, 6.07) is 15.6. The predicted molar refractivity (Wildman–Crippen MR) is 135 cm³/mol. The number of sulfone groups is 1. The van der Waals surface area contributed by atoms with Gasteiger partial charge in [-0.25, -0.2) is 13.4 Å². The van der Waals surface area contributed by atoms with Gasteiger partial charge in [0, 0.05) is 41.8 Å². The van der Waals surface area contributed by atoms with Gasteiger partial charge in [-0.2, -0.15) is 4.98 Å². The van der Waals surface area contributed by atoms with Crippen LogP contribution in [0.15, 0.2) is 77.8 Å². The number of hydrogen-bond acceptors (Lipinski definition) is 9. The van der Waals surface area contributed by atoms with Crippen molar-refractivity contribution >= 4 is 38.9 Å². The molecular weight excluding hydrogens is 490 g/mol. The number of anilines is 3. The Hall–Kier alpha value is -3.34. The zero-order valence-corrected chi connectivity index (χ0v) is 21.1. The fourth-order valence-corrected chi connectivity index (χ4v) is 4.21. The van der Waals surface area contributed by atoms with E-state index in [1.54, 1.807) is 54.9 Å². The molecule has 1 aliphatic rings. The van der Waals surface area contributed by atoms with Crippen LogP contribution in [0.25, 0.3) is 0 Å². The molecule has 1 atom stereocenters. The quantitative estimate of drug-likeness (QED) is 0.450. The van der Waals surface area contributed by atoms with E-state index in [4.69, 9.17) is 21.1 Å². The Morgan fingerprint density at radius 2 is 1.89 bits per heavy atom. The summed E-state index contributed by atoms with van der Waals surface area (Å²) < 4.78 is 35.7. The molecule has 0 fully saturated rings. The van der Waals surface area contributed by atoms with Gasteiger partial charge in [0.15, 0.2) is 9.84 Å². The largest absolute Gasteiger partial charge is 0.453 e. The zero-order chi connectivity index (χ0) is 25.0. The average molecular weight is 516 g/mol. The first kappa shape index (κ1) is 24.8. The monoisotopic (exact) mass is 515 g/mol. The van der Waals surface area contributed by atoms with Crippen LogP contribution in [0.2, 0.25) is 5.02 Å². The van der Waals surface area contributed by atoms with Crippen molar-refractivity contribution in [3.63, 3.8) is 0 Å². The Kier molecular flexibility index (Phi) is 7.44. The van der Waals surface area contributed by atoms with Crippen LogP contribution in [0.3, 0.4) is 0 Å². The van der Waals surface area contributed by atoms with Crippen LogP contribution in [0, 0.1) is 0 Å². The first-order chi connectivity index (χ1) is 16.7. The van der Waals surface area contributed by atoms with Crippen LogP contribution in [0.4, 0.5) is 17.5 Å². The van der Waals surface area contributed by atoms with Crippen LogP contribution in [-0.4, -0.2) is 56.7 Å². The van der Waals surface area contributed by atoms with E-state index in [0.29, 0.717) is 34.9 Å². The molecule has 0 saturated carbocycles. The molecule has 1 aliphatic heterocycles. The number of halogens is 1. The Balaban J connectivity index is 1.57. The number of rotatable bonds is 9. The zero-order valence-electron chi connectivity index (χ0n) is 19.6. The molecule has 4 rings (SSSR count). The fourth-order valence-electron chi connectivity index (χ4n) is 3.34. The Labute approximate surface area is 209 Å². The van der Waals surface area contributed by atoms with Gasteiger partial charge in [0.2, 0.25) is 11.8 Å². The highest BCUT2D eigenvalue weighted by Crippen LogP contribution is 2.33. The molecule has 0 amide bonds. The van der Waals surface area contributed by atoms with Crippen molar-refractivity contribution in [1.82, 2.24) is 14.9 Å². The van der Waals surface area contributed by atoms with Gasteiger partial charge in [-0.1, -0.05) is 29.8 Å². The molecule has 0 saturated heterocycles. The lowest BCUT2D eigenvalue weighted by Crippen LogP contribution is -2.32. The first-order valence-corrected chi connectivity index (χ1v) is 13.1. The average Bonchev–Trinajstić information content (AvgIpc) is 3.29. The third kappa shape index (κ3) is 6.41. The molecule has 0 bridgehead atoms. The van der Waals surface area contributed by atoms with Crippen molar-refractivity contribution in [2.75, 3.05) is 43.7 Å². The molecule has 0 spiro atoms. The van der Waals surface area contributed by atoms with Crippen molar-refractivity contribution in [2.45, 2.75) is 11.2 Å². The summed E-state index contributed by atoms with van der Waals surface area (Å²) in [5, 5.41) is 3.67. The molecule has 2 heterocycles. The van der Waals surface area contributed by atoms with E-state index in [1.807, 2.05) is 31.1 Å². The van der Waals surface area contributed by atoms with Gasteiger partial charge in [0.05, 0.1) is 4.90 Å². The molecule has 2 aromatic carbocycles. The topological polar surface area (TPSA) is 96.9 Å². The molecule has 11 heteroatoms. The van der Waals surface area contributed by atoms with E-state index in [9.17, 15) is 8.42 Å². The molecule has 9 nitrogen and oxygen atoms in total. The Bertz CT molecular complexity index is 1330. The van der Waals surface area contributed by atoms with Crippen molar-refractivity contribution in [1.29, 1.82) is 0 Å². The van der Waals surface area contributed by atoms with Crippen molar-refractivity contribution < 1.29 is 17.9 Å². The van der Waals surface area contributed by atoms with Gasteiger partial charge in [-0.15, -0.1) is 0 Å². The predicted octanol–water partition coefficient (Wildman–Crippen LogP) is 4.19. The summed E-state index contributed by atoms with van der Waals surface area (Å²) in [6.45, 7) is 1.30. The Morgan fingerprint density at radius 1 is 1.09 bits per heavy atom. The van der Waals surface area contributed by atoms with E-state index < -0.39 is 16.1 Å².